The molecule has 0 saturated heterocycles. The highest BCUT2D eigenvalue weighted by Crippen LogP contribution is 2.17. The van der Waals surface area contributed by atoms with E-state index >= 15 is 0 Å². The molecule has 118 valence electrons. The molecular formula is C17H22N2O3. The Balaban J connectivity index is 1.79. The van der Waals surface area contributed by atoms with Crippen molar-refractivity contribution in [1.29, 1.82) is 0 Å². The summed E-state index contributed by atoms with van der Waals surface area (Å²) in [5.74, 6) is -0.599. The summed E-state index contributed by atoms with van der Waals surface area (Å²) < 4.78 is 0. The molecule has 2 amide bonds. The van der Waals surface area contributed by atoms with Crippen LogP contribution in [0, 0.1) is 0 Å². The van der Waals surface area contributed by atoms with Crippen LogP contribution in [0.25, 0.3) is 0 Å². The molecular weight excluding hydrogens is 280 g/mol. The Labute approximate surface area is 130 Å². The van der Waals surface area contributed by atoms with Gasteiger partial charge in [-0.2, -0.15) is 0 Å². The first-order valence-electron chi connectivity index (χ1n) is 7.75. The zero-order valence-electron chi connectivity index (χ0n) is 12.9. The summed E-state index contributed by atoms with van der Waals surface area (Å²) in [7, 11) is 0. The van der Waals surface area contributed by atoms with Crippen LogP contribution in [-0.2, 0) is 9.59 Å². The molecule has 1 aromatic rings. The van der Waals surface area contributed by atoms with Gasteiger partial charge in [0, 0.05) is 17.3 Å². The molecule has 5 nitrogen and oxygen atoms in total. The summed E-state index contributed by atoms with van der Waals surface area (Å²) in [6.07, 6.45) is 5.33. The second kappa shape index (κ2) is 7.73. The van der Waals surface area contributed by atoms with Gasteiger partial charge in [-0.1, -0.05) is 19.3 Å². The molecule has 2 N–H and O–H groups in total. The van der Waals surface area contributed by atoms with Gasteiger partial charge < -0.3 is 10.6 Å². The van der Waals surface area contributed by atoms with Gasteiger partial charge in [0.1, 0.15) is 6.42 Å². The Bertz CT molecular complexity index is 546. The quantitative estimate of drug-likeness (QED) is 0.648. The molecule has 0 heterocycles. The van der Waals surface area contributed by atoms with Gasteiger partial charge in [0.25, 0.3) is 0 Å². The largest absolute Gasteiger partial charge is 0.353 e. The van der Waals surface area contributed by atoms with Crippen molar-refractivity contribution < 1.29 is 14.4 Å². The van der Waals surface area contributed by atoms with Crippen LogP contribution in [0.5, 0.6) is 0 Å². The summed E-state index contributed by atoms with van der Waals surface area (Å²) in [5, 5.41) is 5.58. The van der Waals surface area contributed by atoms with E-state index in [0.29, 0.717) is 11.3 Å². The molecule has 2 rings (SSSR count). The van der Waals surface area contributed by atoms with E-state index in [1.54, 1.807) is 24.3 Å². The molecule has 5 heteroatoms. The highest BCUT2D eigenvalue weighted by Gasteiger charge is 2.17. The molecule has 0 aromatic heterocycles. The first-order chi connectivity index (χ1) is 10.5. The number of amides is 2. The average Bonchev–Trinajstić information content (AvgIpc) is 2.48. The monoisotopic (exact) mass is 302 g/mol. The van der Waals surface area contributed by atoms with E-state index in [2.05, 4.69) is 10.6 Å². The van der Waals surface area contributed by atoms with Gasteiger partial charge in [-0.05, 0) is 44.0 Å². The topological polar surface area (TPSA) is 75.3 Å². The number of nitrogens with one attached hydrogen (secondary N) is 2. The Hall–Kier alpha value is -2.17. The van der Waals surface area contributed by atoms with Crippen molar-refractivity contribution in [3.63, 3.8) is 0 Å². The van der Waals surface area contributed by atoms with E-state index in [4.69, 9.17) is 0 Å². The maximum absolute atomic E-state index is 11.8. The predicted molar refractivity (Wildman–Crippen MR) is 84.7 cm³/mol. The van der Waals surface area contributed by atoms with E-state index in [-0.39, 0.29) is 30.1 Å². The molecule has 1 fully saturated rings. The lowest BCUT2D eigenvalue weighted by Crippen LogP contribution is -2.37. The van der Waals surface area contributed by atoms with Crippen LogP contribution in [0.4, 0.5) is 5.69 Å². The van der Waals surface area contributed by atoms with Crippen molar-refractivity contribution in [2.75, 3.05) is 5.32 Å². The third-order valence-corrected chi connectivity index (χ3v) is 3.87. The van der Waals surface area contributed by atoms with E-state index in [0.717, 1.165) is 25.7 Å². The van der Waals surface area contributed by atoms with Crippen molar-refractivity contribution in [1.82, 2.24) is 5.32 Å². The summed E-state index contributed by atoms with van der Waals surface area (Å²) in [6, 6.07) is 6.84. The molecule has 1 aromatic carbocycles. The number of ketones is 1. The fraction of sp³-hybridized carbons (Fsp3) is 0.471. The number of rotatable bonds is 5. The van der Waals surface area contributed by atoms with E-state index in [1.807, 2.05) is 0 Å². The predicted octanol–water partition coefficient (Wildman–Crippen LogP) is 2.67. The first kappa shape index (κ1) is 16.2. The van der Waals surface area contributed by atoms with Crippen molar-refractivity contribution in [3.05, 3.63) is 29.8 Å². The zero-order chi connectivity index (χ0) is 15.9. The summed E-state index contributed by atoms with van der Waals surface area (Å²) in [5.41, 5.74) is 1.17. The lowest BCUT2D eigenvalue weighted by molar-refractivity contribution is -0.127. The van der Waals surface area contributed by atoms with Crippen molar-refractivity contribution in [2.45, 2.75) is 51.5 Å². The van der Waals surface area contributed by atoms with E-state index in [9.17, 15) is 14.4 Å². The second-order valence-electron chi connectivity index (χ2n) is 5.76. The molecule has 0 aliphatic heterocycles. The fourth-order valence-electron chi connectivity index (χ4n) is 2.66. The number of Topliss-reactive ketones (excluding diaryl/α,β-unsaturated/α-hetero) is 1. The summed E-state index contributed by atoms with van der Waals surface area (Å²) in [4.78, 5) is 34.9. The van der Waals surface area contributed by atoms with Crippen LogP contribution < -0.4 is 10.6 Å². The van der Waals surface area contributed by atoms with E-state index < -0.39 is 0 Å². The first-order valence-corrected chi connectivity index (χ1v) is 7.75. The Morgan fingerprint density at radius 1 is 1.00 bits per heavy atom. The molecule has 0 unspecified atom stereocenters. The molecule has 0 spiro atoms. The lowest BCUT2D eigenvalue weighted by atomic mass is 9.95. The molecule has 0 bridgehead atoms. The molecule has 1 aliphatic carbocycles. The molecule has 22 heavy (non-hydrogen) atoms. The number of carbonyl (C=O) groups is 3. The molecule has 1 saturated carbocycles. The SMILES string of the molecule is CC(=O)c1ccc(NC(=O)CC(=O)NC2CCCCC2)cc1. The van der Waals surface area contributed by atoms with Gasteiger partial charge in [0.05, 0.1) is 0 Å². The Morgan fingerprint density at radius 2 is 1.64 bits per heavy atom. The minimum absolute atomic E-state index is 0.0234. The number of benzene rings is 1. The van der Waals surface area contributed by atoms with Crippen LogP contribution in [0.1, 0.15) is 55.8 Å². The van der Waals surface area contributed by atoms with Gasteiger partial charge in [-0.3, -0.25) is 14.4 Å². The third-order valence-electron chi connectivity index (χ3n) is 3.87. The van der Waals surface area contributed by atoms with Crippen molar-refractivity contribution in [2.24, 2.45) is 0 Å². The minimum Gasteiger partial charge on any atom is -0.353 e. The summed E-state index contributed by atoms with van der Waals surface area (Å²) in [6.45, 7) is 1.49. The number of hydrogen-bond donors (Lipinski definition) is 2. The smallest absolute Gasteiger partial charge is 0.233 e. The fourth-order valence-corrected chi connectivity index (χ4v) is 2.66. The van der Waals surface area contributed by atoms with Gasteiger partial charge in [-0.25, -0.2) is 0 Å². The van der Waals surface area contributed by atoms with E-state index in [1.165, 1.54) is 13.3 Å². The highest BCUT2D eigenvalue weighted by molar-refractivity contribution is 6.03. The number of hydrogen-bond acceptors (Lipinski definition) is 3. The number of anilines is 1. The lowest BCUT2D eigenvalue weighted by Gasteiger charge is -2.22. The second-order valence-corrected chi connectivity index (χ2v) is 5.76. The van der Waals surface area contributed by atoms with Crippen LogP contribution in [0.3, 0.4) is 0 Å². The van der Waals surface area contributed by atoms with Crippen molar-refractivity contribution in [3.8, 4) is 0 Å². The van der Waals surface area contributed by atoms with Gasteiger partial charge in [0.2, 0.25) is 11.8 Å². The van der Waals surface area contributed by atoms with Crippen LogP contribution >= 0.6 is 0 Å². The minimum atomic E-state index is -0.344. The van der Waals surface area contributed by atoms with Crippen LogP contribution in [-0.4, -0.2) is 23.6 Å². The van der Waals surface area contributed by atoms with Gasteiger partial charge >= 0.3 is 0 Å². The Kier molecular flexibility index (Phi) is 5.69. The Morgan fingerprint density at radius 3 is 2.23 bits per heavy atom. The molecule has 1 aliphatic rings. The van der Waals surface area contributed by atoms with Crippen molar-refractivity contribution >= 4 is 23.3 Å². The molecule has 0 radical (unpaired) electrons. The zero-order valence-corrected chi connectivity index (χ0v) is 12.9. The standard InChI is InChI=1S/C17H22N2O3/c1-12(20)13-7-9-15(10-8-13)19-17(22)11-16(21)18-14-5-3-2-4-6-14/h7-10,14H,2-6,11H2,1H3,(H,18,21)(H,19,22). The normalized spacial score (nSPS) is 15.1. The third kappa shape index (κ3) is 4.98. The van der Waals surface area contributed by atoms with Gasteiger partial charge in [0.15, 0.2) is 5.78 Å². The summed E-state index contributed by atoms with van der Waals surface area (Å²) >= 11 is 0. The van der Waals surface area contributed by atoms with Gasteiger partial charge in [-0.15, -0.1) is 0 Å². The highest BCUT2D eigenvalue weighted by atomic mass is 16.2. The molecule has 0 atom stereocenters. The number of carbonyl (C=O) groups excluding carboxylic acids is 3. The maximum Gasteiger partial charge on any atom is 0.233 e. The maximum atomic E-state index is 11.8. The van der Waals surface area contributed by atoms with Crippen LogP contribution in [0.15, 0.2) is 24.3 Å². The van der Waals surface area contributed by atoms with Crippen LogP contribution in [0.2, 0.25) is 0 Å². The average molecular weight is 302 g/mol.